The van der Waals surface area contributed by atoms with Crippen LogP contribution in [-0.4, -0.2) is 16.1 Å². The Hall–Kier alpha value is -2.57. The van der Waals surface area contributed by atoms with Crippen LogP contribution in [0.2, 0.25) is 10.0 Å². The number of carbonyl (C=O) groups is 1. The molecule has 0 atom stereocenters. The van der Waals surface area contributed by atoms with Crippen molar-refractivity contribution < 1.29 is 14.1 Å². The molecule has 0 aliphatic heterocycles. The number of benzene rings is 2. The van der Waals surface area contributed by atoms with Crippen molar-refractivity contribution in [1.29, 1.82) is 0 Å². The molecular weight excluding hydrogens is 353 g/mol. The molecule has 8 heteroatoms. The average molecular weight is 364 g/mol. The topological polar surface area (TPSA) is 91.2 Å². The van der Waals surface area contributed by atoms with Gasteiger partial charge in [-0.25, -0.2) is 4.79 Å². The summed E-state index contributed by atoms with van der Waals surface area (Å²) in [5, 5.41) is 4.82. The van der Waals surface area contributed by atoms with Gasteiger partial charge in [0.05, 0.1) is 16.3 Å². The molecule has 0 aliphatic rings. The van der Waals surface area contributed by atoms with Gasteiger partial charge in [0.25, 0.3) is 5.89 Å². The van der Waals surface area contributed by atoms with Gasteiger partial charge in [0, 0.05) is 10.6 Å². The molecule has 0 radical (unpaired) electrons. The molecule has 0 fully saturated rings. The molecule has 1 aromatic heterocycles. The summed E-state index contributed by atoms with van der Waals surface area (Å²) in [7, 11) is 0. The van der Waals surface area contributed by atoms with Crippen molar-refractivity contribution in [2.75, 3.05) is 5.73 Å². The number of ether oxygens (including phenoxy) is 1. The van der Waals surface area contributed by atoms with E-state index in [2.05, 4.69) is 10.1 Å². The summed E-state index contributed by atoms with van der Waals surface area (Å²) in [6.45, 7) is -0.151. The van der Waals surface area contributed by atoms with E-state index in [1.807, 2.05) is 0 Å². The van der Waals surface area contributed by atoms with E-state index in [0.29, 0.717) is 21.6 Å². The van der Waals surface area contributed by atoms with Gasteiger partial charge >= 0.3 is 5.97 Å². The molecule has 6 nitrogen and oxygen atoms in total. The molecule has 0 saturated heterocycles. The summed E-state index contributed by atoms with van der Waals surface area (Å²) in [4.78, 5) is 16.1. The molecule has 0 aliphatic carbocycles. The summed E-state index contributed by atoms with van der Waals surface area (Å²) in [6, 6.07) is 11.5. The van der Waals surface area contributed by atoms with Crippen LogP contribution < -0.4 is 5.73 Å². The predicted octanol–water partition coefficient (Wildman–Crippen LogP) is 3.98. The summed E-state index contributed by atoms with van der Waals surface area (Å²) >= 11 is 11.6. The lowest BCUT2D eigenvalue weighted by atomic mass is 10.2. The van der Waals surface area contributed by atoms with Crippen molar-refractivity contribution in [3.05, 3.63) is 64.0 Å². The molecule has 3 aromatic rings. The molecule has 0 spiro atoms. The molecule has 122 valence electrons. The lowest BCUT2D eigenvalue weighted by molar-refractivity contribution is 0.0430. The van der Waals surface area contributed by atoms with Crippen LogP contribution in [0, 0.1) is 0 Å². The molecule has 3 rings (SSSR count). The summed E-state index contributed by atoms with van der Waals surface area (Å²) < 4.78 is 10.2. The minimum atomic E-state index is -0.565. The first kappa shape index (κ1) is 16.3. The van der Waals surface area contributed by atoms with Crippen LogP contribution >= 0.6 is 23.2 Å². The van der Waals surface area contributed by atoms with Crippen molar-refractivity contribution in [2.45, 2.75) is 6.61 Å². The first-order chi connectivity index (χ1) is 11.5. The lowest BCUT2D eigenvalue weighted by Crippen LogP contribution is -2.06. The minimum absolute atomic E-state index is 0.151. The third-order valence-electron chi connectivity index (χ3n) is 3.13. The van der Waals surface area contributed by atoms with Gasteiger partial charge in [0.1, 0.15) is 0 Å². The van der Waals surface area contributed by atoms with E-state index in [1.54, 1.807) is 24.3 Å². The molecule has 2 aromatic carbocycles. The van der Waals surface area contributed by atoms with Gasteiger partial charge in [-0.05, 0) is 42.5 Å². The minimum Gasteiger partial charge on any atom is -0.452 e. The summed E-state index contributed by atoms with van der Waals surface area (Å²) in [5.41, 5.74) is 6.98. The number of hydrogen-bond acceptors (Lipinski definition) is 6. The van der Waals surface area contributed by atoms with Crippen molar-refractivity contribution >= 4 is 34.9 Å². The van der Waals surface area contributed by atoms with E-state index >= 15 is 0 Å². The number of nitrogen functional groups attached to an aromatic ring is 1. The summed E-state index contributed by atoms with van der Waals surface area (Å²) in [5.74, 6) is -0.00621. The first-order valence-corrected chi connectivity index (χ1v) is 7.59. The fourth-order valence-electron chi connectivity index (χ4n) is 1.91. The first-order valence-electron chi connectivity index (χ1n) is 6.83. The molecule has 1 heterocycles. The number of nitrogens with zero attached hydrogens (tertiary/aromatic N) is 2. The van der Waals surface area contributed by atoms with E-state index in [9.17, 15) is 4.79 Å². The highest BCUT2D eigenvalue weighted by molar-refractivity contribution is 6.33. The Bertz CT molecular complexity index is 879. The highest BCUT2D eigenvalue weighted by Crippen LogP contribution is 2.21. The molecule has 0 amide bonds. The third-order valence-corrected chi connectivity index (χ3v) is 3.73. The second-order valence-corrected chi connectivity index (χ2v) is 5.67. The van der Waals surface area contributed by atoms with E-state index in [1.165, 1.54) is 18.2 Å². The largest absolute Gasteiger partial charge is 0.452 e. The Labute approximate surface area is 147 Å². The van der Waals surface area contributed by atoms with Crippen LogP contribution in [0.5, 0.6) is 0 Å². The summed E-state index contributed by atoms with van der Waals surface area (Å²) in [6.07, 6.45) is 0. The van der Waals surface area contributed by atoms with Gasteiger partial charge in [-0.1, -0.05) is 28.4 Å². The highest BCUT2D eigenvalue weighted by Gasteiger charge is 2.13. The Morgan fingerprint density at radius 3 is 2.62 bits per heavy atom. The standard InChI is InChI=1S/C16H11Cl2N3O3/c17-11-4-1-9(2-5-11)15-20-14(24-21-15)8-23-16(22)10-3-6-12(18)13(19)7-10/h1-7H,8,19H2. The Morgan fingerprint density at radius 1 is 1.17 bits per heavy atom. The number of aromatic nitrogens is 2. The molecule has 24 heavy (non-hydrogen) atoms. The predicted molar refractivity (Wildman–Crippen MR) is 89.7 cm³/mol. The second kappa shape index (κ2) is 6.90. The molecule has 2 N–H and O–H groups in total. The van der Waals surface area contributed by atoms with Gasteiger partial charge < -0.3 is 15.0 Å². The van der Waals surface area contributed by atoms with Gasteiger partial charge in [0.2, 0.25) is 5.82 Å². The van der Waals surface area contributed by atoms with Crippen LogP contribution in [0.3, 0.4) is 0 Å². The van der Waals surface area contributed by atoms with Crippen molar-refractivity contribution in [3.8, 4) is 11.4 Å². The number of esters is 1. The van der Waals surface area contributed by atoms with Crippen LogP contribution in [0.25, 0.3) is 11.4 Å². The zero-order chi connectivity index (χ0) is 17.1. The monoisotopic (exact) mass is 363 g/mol. The van der Waals surface area contributed by atoms with E-state index in [-0.39, 0.29) is 18.1 Å². The van der Waals surface area contributed by atoms with E-state index in [0.717, 1.165) is 5.56 Å². The van der Waals surface area contributed by atoms with Gasteiger partial charge in [-0.3, -0.25) is 0 Å². The number of rotatable bonds is 4. The molecule has 0 saturated carbocycles. The van der Waals surface area contributed by atoms with Gasteiger partial charge in [-0.15, -0.1) is 0 Å². The number of hydrogen-bond donors (Lipinski definition) is 1. The number of halogens is 2. The van der Waals surface area contributed by atoms with Gasteiger partial charge in [-0.2, -0.15) is 4.98 Å². The Balaban J connectivity index is 1.65. The van der Waals surface area contributed by atoms with Crippen LogP contribution in [0.4, 0.5) is 5.69 Å². The fourth-order valence-corrected chi connectivity index (χ4v) is 2.15. The normalized spacial score (nSPS) is 10.6. The average Bonchev–Trinajstić information content (AvgIpc) is 3.05. The van der Waals surface area contributed by atoms with Crippen molar-refractivity contribution in [2.24, 2.45) is 0 Å². The SMILES string of the molecule is Nc1cc(C(=O)OCc2nc(-c3ccc(Cl)cc3)no2)ccc1Cl. The third kappa shape index (κ3) is 3.67. The number of nitrogens with two attached hydrogens (primary N) is 1. The lowest BCUT2D eigenvalue weighted by Gasteiger charge is -2.03. The molecular formula is C16H11Cl2N3O3. The quantitative estimate of drug-likeness (QED) is 0.556. The number of carbonyl (C=O) groups excluding carboxylic acids is 1. The van der Waals surface area contributed by atoms with Gasteiger partial charge in [0.15, 0.2) is 6.61 Å². The van der Waals surface area contributed by atoms with Crippen molar-refractivity contribution in [1.82, 2.24) is 10.1 Å². The van der Waals surface area contributed by atoms with Crippen LogP contribution in [0.15, 0.2) is 47.0 Å². The van der Waals surface area contributed by atoms with E-state index in [4.69, 9.17) is 38.2 Å². The van der Waals surface area contributed by atoms with Crippen molar-refractivity contribution in [3.63, 3.8) is 0 Å². The highest BCUT2D eigenvalue weighted by atomic mass is 35.5. The smallest absolute Gasteiger partial charge is 0.338 e. The molecule has 0 bridgehead atoms. The fraction of sp³-hybridized carbons (Fsp3) is 0.0625. The molecule has 0 unspecified atom stereocenters. The maximum atomic E-state index is 12.0. The maximum absolute atomic E-state index is 12.0. The second-order valence-electron chi connectivity index (χ2n) is 4.83. The van der Waals surface area contributed by atoms with Crippen LogP contribution in [0.1, 0.15) is 16.2 Å². The number of anilines is 1. The Kier molecular flexibility index (Phi) is 4.69. The van der Waals surface area contributed by atoms with Crippen LogP contribution in [-0.2, 0) is 11.3 Å². The maximum Gasteiger partial charge on any atom is 0.338 e. The zero-order valence-corrected chi connectivity index (χ0v) is 13.7. The van der Waals surface area contributed by atoms with E-state index < -0.39 is 5.97 Å². The zero-order valence-electron chi connectivity index (χ0n) is 12.2. The Morgan fingerprint density at radius 2 is 1.92 bits per heavy atom.